The number of hydrogen-bond donors (Lipinski definition) is 3. The first-order chi connectivity index (χ1) is 8.66. The highest BCUT2D eigenvalue weighted by Gasteiger charge is 2.16. The molecule has 3 N–H and O–H groups in total. The quantitative estimate of drug-likeness (QED) is 0.783. The molecule has 1 fully saturated rings. The number of amides is 1. The van der Waals surface area contributed by atoms with Crippen LogP contribution in [0.2, 0.25) is 0 Å². The SMILES string of the molecule is O=C(NC1CCCNCC1)c1ccc(Br)c(O)c1. The molecule has 1 aliphatic heterocycles. The maximum Gasteiger partial charge on any atom is 0.251 e. The molecule has 1 atom stereocenters. The molecule has 1 saturated heterocycles. The van der Waals surface area contributed by atoms with Crippen LogP contribution in [0, 0.1) is 0 Å². The highest BCUT2D eigenvalue weighted by Crippen LogP contribution is 2.24. The zero-order valence-corrected chi connectivity index (χ0v) is 11.7. The molecule has 0 aliphatic carbocycles. The van der Waals surface area contributed by atoms with Crippen LogP contribution in [0.5, 0.6) is 5.75 Å². The van der Waals surface area contributed by atoms with Gasteiger partial charge in [0, 0.05) is 11.6 Å². The van der Waals surface area contributed by atoms with Gasteiger partial charge in [-0.2, -0.15) is 0 Å². The average Bonchev–Trinajstić information content (AvgIpc) is 2.61. The van der Waals surface area contributed by atoms with E-state index in [1.807, 2.05) is 0 Å². The number of carbonyl (C=O) groups excluding carboxylic acids is 1. The lowest BCUT2D eigenvalue weighted by Gasteiger charge is -2.16. The predicted octanol–water partition coefficient (Wildman–Crippen LogP) is 2.03. The number of benzene rings is 1. The van der Waals surface area contributed by atoms with Gasteiger partial charge in [0.1, 0.15) is 5.75 Å². The standard InChI is InChI=1S/C13H17BrN2O2/c14-11-4-3-9(8-12(11)17)13(18)16-10-2-1-6-15-7-5-10/h3-4,8,10,15,17H,1-2,5-7H2,(H,16,18). The van der Waals surface area contributed by atoms with Crippen molar-refractivity contribution in [2.45, 2.75) is 25.3 Å². The van der Waals surface area contributed by atoms with Crippen molar-refractivity contribution in [3.05, 3.63) is 28.2 Å². The minimum Gasteiger partial charge on any atom is -0.507 e. The third-order valence-electron chi connectivity index (χ3n) is 3.12. The summed E-state index contributed by atoms with van der Waals surface area (Å²) < 4.78 is 0.595. The molecule has 5 heteroatoms. The first kappa shape index (κ1) is 13.4. The van der Waals surface area contributed by atoms with Gasteiger partial charge in [-0.15, -0.1) is 0 Å². The lowest BCUT2D eigenvalue weighted by molar-refractivity contribution is 0.0933. The van der Waals surface area contributed by atoms with Crippen LogP contribution in [0.3, 0.4) is 0 Å². The number of rotatable bonds is 2. The minimum absolute atomic E-state index is 0.0881. The van der Waals surface area contributed by atoms with Gasteiger partial charge in [0.05, 0.1) is 4.47 Å². The molecule has 98 valence electrons. The fourth-order valence-electron chi connectivity index (χ4n) is 2.09. The van der Waals surface area contributed by atoms with E-state index in [4.69, 9.17) is 0 Å². The van der Waals surface area contributed by atoms with Gasteiger partial charge in [0.2, 0.25) is 0 Å². The number of phenolic OH excluding ortho intramolecular Hbond substituents is 1. The summed E-state index contributed by atoms with van der Waals surface area (Å²) in [4.78, 5) is 12.0. The number of hydrogen-bond acceptors (Lipinski definition) is 3. The van der Waals surface area contributed by atoms with Crippen LogP contribution in [0.15, 0.2) is 22.7 Å². The lowest BCUT2D eigenvalue weighted by atomic mass is 10.1. The Balaban J connectivity index is 1.99. The van der Waals surface area contributed by atoms with E-state index in [1.165, 1.54) is 6.07 Å². The number of nitrogens with one attached hydrogen (secondary N) is 2. The van der Waals surface area contributed by atoms with Crippen LogP contribution in [-0.4, -0.2) is 30.1 Å². The van der Waals surface area contributed by atoms with Crippen molar-refractivity contribution in [1.29, 1.82) is 0 Å². The van der Waals surface area contributed by atoms with Crippen LogP contribution >= 0.6 is 15.9 Å². The van der Waals surface area contributed by atoms with Gasteiger partial charge in [-0.25, -0.2) is 0 Å². The van der Waals surface area contributed by atoms with Gasteiger partial charge in [-0.3, -0.25) is 4.79 Å². The molecule has 0 saturated carbocycles. The molecule has 0 spiro atoms. The van der Waals surface area contributed by atoms with Gasteiger partial charge >= 0.3 is 0 Å². The summed E-state index contributed by atoms with van der Waals surface area (Å²) in [6.45, 7) is 1.96. The van der Waals surface area contributed by atoms with Gasteiger partial charge in [-0.05, 0) is 66.5 Å². The summed E-state index contributed by atoms with van der Waals surface area (Å²) in [6.07, 6.45) is 3.03. The summed E-state index contributed by atoms with van der Waals surface area (Å²) in [7, 11) is 0. The number of halogens is 1. The highest BCUT2D eigenvalue weighted by atomic mass is 79.9. The van der Waals surface area contributed by atoms with Crippen LogP contribution in [0.4, 0.5) is 0 Å². The van der Waals surface area contributed by atoms with Gasteiger partial charge < -0.3 is 15.7 Å². The Morgan fingerprint density at radius 3 is 3.00 bits per heavy atom. The smallest absolute Gasteiger partial charge is 0.251 e. The van der Waals surface area contributed by atoms with E-state index in [0.29, 0.717) is 10.0 Å². The largest absolute Gasteiger partial charge is 0.507 e. The molecule has 1 aliphatic rings. The predicted molar refractivity (Wildman–Crippen MR) is 73.8 cm³/mol. The summed E-state index contributed by atoms with van der Waals surface area (Å²) in [5.41, 5.74) is 0.493. The second kappa shape index (κ2) is 6.20. The van der Waals surface area contributed by atoms with Gasteiger partial charge in [0.15, 0.2) is 0 Å². The summed E-state index contributed by atoms with van der Waals surface area (Å²) in [6, 6.07) is 5.08. The van der Waals surface area contributed by atoms with Crippen molar-refractivity contribution in [2.75, 3.05) is 13.1 Å². The van der Waals surface area contributed by atoms with E-state index in [-0.39, 0.29) is 17.7 Å². The summed E-state index contributed by atoms with van der Waals surface area (Å²) in [5, 5.41) is 15.9. The monoisotopic (exact) mass is 312 g/mol. The van der Waals surface area contributed by atoms with E-state index in [0.717, 1.165) is 32.4 Å². The topological polar surface area (TPSA) is 61.4 Å². The lowest BCUT2D eigenvalue weighted by Crippen LogP contribution is -2.35. The molecule has 0 radical (unpaired) electrons. The molecule has 1 heterocycles. The third kappa shape index (κ3) is 3.46. The zero-order chi connectivity index (χ0) is 13.0. The molecule has 1 aromatic carbocycles. The maximum absolute atomic E-state index is 12.0. The number of carbonyl (C=O) groups is 1. The third-order valence-corrected chi connectivity index (χ3v) is 3.79. The second-order valence-corrected chi connectivity index (χ2v) is 5.37. The van der Waals surface area contributed by atoms with E-state index in [2.05, 4.69) is 26.6 Å². The molecule has 0 aromatic heterocycles. The minimum atomic E-state index is -0.121. The first-order valence-corrected chi connectivity index (χ1v) is 6.96. The Morgan fingerprint density at radius 1 is 1.39 bits per heavy atom. The molecular formula is C13H17BrN2O2. The van der Waals surface area contributed by atoms with Crippen LogP contribution in [0.25, 0.3) is 0 Å². The Labute approximate surface area is 115 Å². The van der Waals surface area contributed by atoms with E-state index < -0.39 is 0 Å². The number of aromatic hydroxyl groups is 1. The van der Waals surface area contributed by atoms with Crippen molar-refractivity contribution in [1.82, 2.24) is 10.6 Å². The summed E-state index contributed by atoms with van der Waals surface area (Å²) >= 11 is 3.20. The molecular weight excluding hydrogens is 296 g/mol. The van der Waals surface area contributed by atoms with Crippen LogP contribution in [-0.2, 0) is 0 Å². The normalized spacial score (nSPS) is 20.2. The van der Waals surface area contributed by atoms with Crippen LogP contribution in [0.1, 0.15) is 29.6 Å². The first-order valence-electron chi connectivity index (χ1n) is 6.17. The van der Waals surface area contributed by atoms with Gasteiger partial charge in [0.25, 0.3) is 5.91 Å². The van der Waals surface area contributed by atoms with E-state index >= 15 is 0 Å². The average molecular weight is 313 g/mol. The Morgan fingerprint density at radius 2 is 2.22 bits per heavy atom. The molecule has 4 nitrogen and oxygen atoms in total. The van der Waals surface area contributed by atoms with Gasteiger partial charge in [-0.1, -0.05) is 0 Å². The second-order valence-electron chi connectivity index (χ2n) is 4.52. The molecule has 18 heavy (non-hydrogen) atoms. The van der Waals surface area contributed by atoms with Crippen molar-refractivity contribution in [3.8, 4) is 5.75 Å². The highest BCUT2D eigenvalue weighted by molar-refractivity contribution is 9.10. The van der Waals surface area contributed by atoms with Crippen molar-refractivity contribution < 1.29 is 9.90 Å². The molecule has 2 rings (SSSR count). The Bertz CT molecular complexity index is 429. The molecule has 0 bridgehead atoms. The number of phenols is 1. The van der Waals surface area contributed by atoms with Crippen molar-refractivity contribution >= 4 is 21.8 Å². The Hall–Kier alpha value is -1.07. The van der Waals surface area contributed by atoms with Crippen molar-refractivity contribution in [2.24, 2.45) is 0 Å². The fourth-order valence-corrected chi connectivity index (χ4v) is 2.33. The van der Waals surface area contributed by atoms with Crippen LogP contribution < -0.4 is 10.6 Å². The van der Waals surface area contributed by atoms with Crippen molar-refractivity contribution in [3.63, 3.8) is 0 Å². The maximum atomic E-state index is 12.0. The molecule has 1 aromatic rings. The van der Waals surface area contributed by atoms with E-state index in [9.17, 15) is 9.90 Å². The Kier molecular flexibility index (Phi) is 4.60. The molecule has 1 unspecified atom stereocenters. The fraction of sp³-hybridized carbons (Fsp3) is 0.462. The zero-order valence-electron chi connectivity index (χ0n) is 10.1. The van der Waals surface area contributed by atoms with E-state index in [1.54, 1.807) is 12.1 Å². The summed E-state index contributed by atoms with van der Waals surface area (Å²) in [5.74, 6) is -0.0325. The molecule has 1 amide bonds.